The van der Waals surface area contributed by atoms with Crippen molar-refractivity contribution in [1.29, 1.82) is 0 Å². The van der Waals surface area contributed by atoms with Crippen LogP contribution in [-0.4, -0.2) is 0 Å². The van der Waals surface area contributed by atoms with Crippen LogP contribution >= 0.6 is 35.2 Å². The van der Waals surface area contributed by atoms with Crippen molar-refractivity contribution in [2.24, 2.45) is 0 Å². The van der Waals surface area contributed by atoms with Gasteiger partial charge in [0.1, 0.15) is 0 Å². The number of halogens is 1. The fourth-order valence-electron chi connectivity index (χ4n) is 2.16. The van der Waals surface area contributed by atoms with Crippen LogP contribution in [0, 0.1) is 3.57 Å². The van der Waals surface area contributed by atoms with Crippen LogP contribution in [0.1, 0.15) is 0 Å². The third-order valence-electron chi connectivity index (χ3n) is 3.06. The number of rotatable bonds is 1. The van der Waals surface area contributed by atoms with E-state index in [0.717, 1.165) is 4.90 Å². The Balaban J connectivity index is 2.30. The average molecular weight is 362 g/mol. The van der Waals surface area contributed by atoms with E-state index >= 15 is 0 Å². The molecule has 0 radical (unpaired) electrons. The molecule has 0 nitrogen and oxygen atoms in total. The molecule has 0 aliphatic rings. The molecule has 3 aromatic carbocycles. The molecule has 0 aliphatic carbocycles. The first-order valence-electron chi connectivity index (χ1n) is 5.72. The summed E-state index contributed by atoms with van der Waals surface area (Å²) in [5.74, 6) is 0. The van der Waals surface area contributed by atoms with Crippen LogP contribution in [0.4, 0.5) is 0 Å². The molecule has 0 heterocycles. The molecule has 0 saturated heterocycles. The van der Waals surface area contributed by atoms with Gasteiger partial charge in [-0.1, -0.05) is 42.5 Å². The summed E-state index contributed by atoms with van der Waals surface area (Å²) in [4.78, 5) is 1.03. The molecule has 0 saturated carbocycles. The zero-order valence-corrected chi connectivity index (χ0v) is 12.7. The molecular formula is C16H11IS. The van der Waals surface area contributed by atoms with Gasteiger partial charge in [-0.15, -0.1) is 12.6 Å². The summed E-state index contributed by atoms with van der Waals surface area (Å²) in [6, 6.07) is 21.2. The van der Waals surface area contributed by atoms with Gasteiger partial charge in [0.25, 0.3) is 0 Å². The lowest BCUT2D eigenvalue weighted by Gasteiger charge is -2.09. The van der Waals surface area contributed by atoms with Crippen LogP contribution in [0.15, 0.2) is 65.6 Å². The molecule has 0 atom stereocenters. The summed E-state index contributed by atoms with van der Waals surface area (Å²) in [6.07, 6.45) is 0. The van der Waals surface area contributed by atoms with Gasteiger partial charge in [-0.2, -0.15) is 0 Å². The van der Waals surface area contributed by atoms with Crippen molar-refractivity contribution in [3.05, 3.63) is 64.2 Å². The maximum Gasteiger partial charge on any atom is 0.0130 e. The Morgan fingerprint density at radius 2 is 1.39 bits per heavy atom. The maximum absolute atomic E-state index is 4.53. The fraction of sp³-hybridized carbons (Fsp3) is 0. The predicted octanol–water partition coefficient (Wildman–Crippen LogP) is 5.40. The van der Waals surface area contributed by atoms with Crippen LogP contribution in [0.25, 0.3) is 21.9 Å². The highest BCUT2D eigenvalue weighted by Crippen LogP contribution is 2.32. The van der Waals surface area contributed by atoms with Crippen molar-refractivity contribution in [1.82, 2.24) is 0 Å². The molecule has 0 unspecified atom stereocenters. The molecule has 88 valence electrons. The molecule has 0 aromatic heterocycles. The highest BCUT2D eigenvalue weighted by Gasteiger charge is 2.05. The molecule has 18 heavy (non-hydrogen) atoms. The maximum atomic E-state index is 4.53. The number of thiol groups is 1. The first kappa shape index (κ1) is 12.1. The smallest absolute Gasteiger partial charge is 0.0130 e. The lowest BCUT2D eigenvalue weighted by molar-refractivity contribution is 1.54. The SMILES string of the molecule is Sc1ccc(-c2ccc(I)cc2)c2ccccc12. The second-order valence-electron chi connectivity index (χ2n) is 4.18. The number of benzene rings is 3. The van der Waals surface area contributed by atoms with Crippen molar-refractivity contribution in [2.45, 2.75) is 4.90 Å². The van der Waals surface area contributed by atoms with Gasteiger partial charge in [-0.25, -0.2) is 0 Å². The van der Waals surface area contributed by atoms with Crippen molar-refractivity contribution in [2.75, 3.05) is 0 Å². The van der Waals surface area contributed by atoms with Gasteiger partial charge in [-0.3, -0.25) is 0 Å². The zero-order chi connectivity index (χ0) is 12.5. The largest absolute Gasteiger partial charge is 0.143 e. The second-order valence-corrected chi connectivity index (χ2v) is 5.91. The average Bonchev–Trinajstić information content (AvgIpc) is 2.41. The van der Waals surface area contributed by atoms with Crippen LogP contribution < -0.4 is 0 Å². The van der Waals surface area contributed by atoms with Gasteiger partial charge in [0, 0.05) is 8.47 Å². The van der Waals surface area contributed by atoms with Gasteiger partial charge < -0.3 is 0 Å². The second kappa shape index (κ2) is 4.94. The minimum Gasteiger partial charge on any atom is -0.143 e. The lowest BCUT2D eigenvalue weighted by atomic mass is 9.98. The van der Waals surface area contributed by atoms with E-state index in [1.807, 2.05) is 0 Å². The van der Waals surface area contributed by atoms with Gasteiger partial charge in [0.05, 0.1) is 0 Å². The molecular weight excluding hydrogens is 351 g/mol. The Hall–Kier alpha value is -1.00. The van der Waals surface area contributed by atoms with Crippen LogP contribution in [0.3, 0.4) is 0 Å². The van der Waals surface area contributed by atoms with Gasteiger partial charge in [0.2, 0.25) is 0 Å². The number of fused-ring (bicyclic) bond motifs is 1. The highest BCUT2D eigenvalue weighted by molar-refractivity contribution is 14.1. The fourth-order valence-corrected chi connectivity index (χ4v) is 2.79. The molecule has 0 aliphatic heterocycles. The Bertz CT molecular complexity index is 702. The van der Waals surface area contributed by atoms with Crippen LogP contribution in [-0.2, 0) is 0 Å². The van der Waals surface area contributed by atoms with Crippen LogP contribution in [0.2, 0.25) is 0 Å². The lowest BCUT2D eigenvalue weighted by Crippen LogP contribution is -1.83. The first-order chi connectivity index (χ1) is 8.75. The summed E-state index contributed by atoms with van der Waals surface area (Å²) >= 11 is 6.85. The Morgan fingerprint density at radius 1 is 0.722 bits per heavy atom. The zero-order valence-electron chi connectivity index (χ0n) is 9.60. The van der Waals surface area contributed by atoms with Gasteiger partial charge in [0.15, 0.2) is 0 Å². The highest BCUT2D eigenvalue weighted by atomic mass is 127. The van der Waals surface area contributed by atoms with Crippen molar-refractivity contribution >= 4 is 46.0 Å². The summed E-state index contributed by atoms with van der Waals surface area (Å²) in [6.45, 7) is 0. The number of hydrogen-bond acceptors (Lipinski definition) is 1. The third kappa shape index (κ3) is 2.15. The van der Waals surface area contributed by atoms with E-state index in [1.54, 1.807) is 0 Å². The van der Waals surface area contributed by atoms with E-state index in [-0.39, 0.29) is 0 Å². The summed E-state index contributed by atoms with van der Waals surface area (Å²) in [5.41, 5.74) is 2.51. The molecule has 0 bridgehead atoms. The summed E-state index contributed by atoms with van der Waals surface area (Å²) in [5, 5.41) is 2.46. The topological polar surface area (TPSA) is 0 Å². The van der Waals surface area contributed by atoms with E-state index in [9.17, 15) is 0 Å². The molecule has 3 rings (SSSR count). The van der Waals surface area contributed by atoms with Gasteiger partial charge in [-0.05, 0) is 62.7 Å². The van der Waals surface area contributed by atoms with Gasteiger partial charge >= 0.3 is 0 Å². The Kier molecular flexibility index (Phi) is 3.31. The Morgan fingerprint density at radius 3 is 2.11 bits per heavy atom. The van der Waals surface area contributed by atoms with E-state index in [0.29, 0.717) is 0 Å². The minimum atomic E-state index is 1.03. The van der Waals surface area contributed by atoms with E-state index < -0.39 is 0 Å². The first-order valence-corrected chi connectivity index (χ1v) is 7.25. The molecule has 0 spiro atoms. The Labute approximate surface area is 126 Å². The van der Waals surface area contributed by atoms with Crippen molar-refractivity contribution in [3.63, 3.8) is 0 Å². The van der Waals surface area contributed by atoms with Crippen molar-refractivity contribution in [3.8, 4) is 11.1 Å². The summed E-state index contributed by atoms with van der Waals surface area (Å²) < 4.78 is 1.26. The monoisotopic (exact) mass is 362 g/mol. The quantitative estimate of drug-likeness (QED) is 0.435. The molecule has 0 N–H and O–H groups in total. The molecule has 3 aromatic rings. The molecule has 2 heteroatoms. The standard InChI is InChI=1S/C16H11IS/c17-12-7-5-11(6-8-12)13-9-10-16(18)15-4-2-1-3-14(13)15/h1-10,18H. The normalized spacial score (nSPS) is 10.8. The third-order valence-corrected chi connectivity index (χ3v) is 4.17. The minimum absolute atomic E-state index is 1.03. The summed E-state index contributed by atoms with van der Waals surface area (Å²) in [7, 11) is 0. The van der Waals surface area contributed by atoms with E-state index in [1.165, 1.54) is 25.5 Å². The number of hydrogen-bond donors (Lipinski definition) is 1. The van der Waals surface area contributed by atoms with Crippen LogP contribution in [0.5, 0.6) is 0 Å². The molecule has 0 amide bonds. The predicted molar refractivity (Wildman–Crippen MR) is 89.4 cm³/mol. The van der Waals surface area contributed by atoms with E-state index in [4.69, 9.17) is 0 Å². The molecule has 0 fully saturated rings. The van der Waals surface area contributed by atoms with E-state index in [2.05, 4.69) is 95.9 Å². The van der Waals surface area contributed by atoms with Crippen molar-refractivity contribution < 1.29 is 0 Å².